The highest BCUT2D eigenvalue weighted by Crippen LogP contribution is 2.30. The molecule has 0 aliphatic heterocycles. The smallest absolute Gasteiger partial charge is 0.259 e. The zero-order chi connectivity index (χ0) is 19.4. The molecule has 0 atom stereocenters. The minimum absolute atomic E-state index is 0.0839. The van der Waals surface area contributed by atoms with Gasteiger partial charge in [0.15, 0.2) is 17.3 Å². The molecule has 0 aliphatic rings. The first-order chi connectivity index (χ1) is 13.0. The molecule has 1 aromatic carbocycles. The van der Waals surface area contributed by atoms with Gasteiger partial charge >= 0.3 is 0 Å². The summed E-state index contributed by atoms with van der Waals surface area (Å²) in [6.45, 7) is 4.04. The normalized spacial score (nSPS) is 10.7. The van der Waals surface area contributed by atoms with Crippen molar-refractivity contribution in [3.05, 3.63) is 60.0 Å². The van der Waals surface area contributed by atoms with Crippen molar-refractivity contribution in [1.82, 2.24) is 14.8 Å². The first-order valence-electron chi connectivity index (χ1n) is 8.57. The maximum Gasteiger partial charge on any atom is 0.259 e. The Morgan fingerprint density at radius 3 is 2.52 bits per heavy atom. The molecule has 27 heavy (non-hydrogen) atoms. The van der Waals surface area contributed by atoms with Crippen molar-refractivity contribution in [1.29, 1.82) is 0 Å². The third kappa shape index (κ3) is 3.76. The van der Waals surface area contributed by atoms with Gasteiger partial charge in [-0.05, 0) is 30.2 Å². The van der Waals surface area contributed by atoms with E-state index in [1.807, 2.05) is 32.0 Å². The number of anilines is 1. The molecule has 0 saturated heterocycles. The van der Waals surface area contributed by atoms with E-state index in [9.17, 15) is 4.79 Å². The predicted molar refractivity (Wildman–Crippen MR) is 103 cm³/mol. The molecule has 0 fully saturated rings. The standard InChI is InChI=1S/C20H22N4O3/c1-13(2)19-15(12-22-24(19)18-7-5-6-10-21-18)20(25)23-14-8-9-16(26-3)17(11-14)27-4/h5-13H,1-4H3,(H,23,25). The number of hydrogen-bond acceptors (Lipinski definition) is 5. The highest BCUT2D eigenvalue weighted by Gasteiger charge is 2.21. The highest BCUT2D eigenvalue weighted by molar-refractivity contribution is 6.05. The number of pyridine rings is 1. The van der Waals surface area contributed by atoms with Gasteiger partial charge < -0.3 is 14.8 Å². The molecule has 0 saturated carbocycles. The van der Waals surface area contributed by atoms with E-state index in [4.69, 9.17) is 9.47 Å². The number of methoxy groups -OCH3 is 2. The fourth-order valence-corrected chi connectivity index (χ4v) is 2.86. The second-order valence-electron chi connectivity index (χ2n) is 6.22. The monoisotopic (exact) mass is 366 g/mol. The van der Waals surface area contributed by atoms with Gasteiger partial charge in [-0.3, -0.25) is 4.79 Å². The van der Waals surface area contributed by atoms with E-state index >= 15 is 0 Å². The summed E-state index contributed by atoms with van der Waals surface area (Å²) in [5.74, 6) is 1.66. The predicted octanol–water partition coefficient (Wildman–Crippen LogP) is 3.66. The van der Waals surface area contributed by atoms with Crippen LogP contribution >= 0.6 is 0 Å². The maximum atomic E-state index is 12.9. The molecule has 0 aliphatic carbocycles. The quantitative estimate of drug-likeness (QED) is 0.720. The first kappa shape index (κ1) is 18.4. The van der Waals surface area contributed by atoms with Gasteiger partial charge in [0.25, 0.3) is 5.91 Å². The van der Waals surface area contributed by atoms with Crippen LogP contribution in [0.2, 0.25) is 0 Å². The third-order valence-electron chi connectivity index (χ3n) is 4.11. The Balaban J connectivity index is 1.93. The van der Waals surface area contributed by atoms with Crippen molar-refractivity contribution in [3.8, 4) is 17.3 Å². The molecule has 2 aromatic heterocycles. The topological polar surface area (TPSA) is 78.3 Å². The van der Waals surface area contributed by atoms with Gasteiger partial charge in [-0.2, -0.15) is 5.10 Å². The lowest BCUT2D eigenvalue weighted by Gasteiger charge is -2.13. The van der Waals surface area contributed by atoms with Crippen LogP contribution in [0.1, 0.15) is 35.8 Å². The van der Waals surface area contributed by atoms with Crippen LogP contribution in [0.3, 0.4) is 0 Å². The zero-order valence-corrected chi connectivity index (χ0v) is 15.8. The Bertz CT molecular complexity index is 936. The molecule has 1 amide bonds. The van der Waals surface area contributed by atoms with E-state index in [1.54, 1.807) is 49.5 Å². The molecule has 0 radical (unpaired) electrons. The zero-order valence-electron chi connectivity index (χ0n) is 15.8. The molecule has 1 N–H and O–H groups in total. The van der Waals surface area contributed by atoms with Gasteiger partial charge in [0.2, 0.25) is 0 Å². The van der Waals surface area contributed by atoms with Crippen LogP contribution < -0.4 is 14.8 Å². The Labute approximate surface area is 158 Å². The van der Waals surface area contributed by atoms with Crippen LogP contribution in [0.5, 0.6) is 11.5 Å². The summed E-state index contributed by atoms with van der Waals surface area (Å²) in [6, 6.07) is 10.8. The summed E-state index contributed by atoms with van der Waals surface area (Å²) in [4.78, 5) is 17.2. The number of rotatable bonds is 6. The molecule has 0 unspecified atom stereocenters. The van der Waals surface area contributed by atoms with E-state index in [-0.39, 0.29) is 11.8 Å². The second kappa shape index (κ2) is 7.90. The molecule has 3 rings (SSSR count). The van der Waals surface area contributed by atoms with E-state index in [0.29, 0.717) is 28.6 Å². The van der Waals surface area contributed by atoms with Gasteiger partial charge in [-0.25, -0.2) is 9.67 Å². The maximum absolute atomic E-state index is 12.9. The lowest BCUT2D eigenvalue weighted by Crippen LogP contribution is -2.15. The molecular formula is C20H22N4O3. The van der Waals surface area contributed by atoms with Gasteiger partial charge in [0.1, 0.15) is 0 Å². The van der Waals surface area contributed by atoms with Crippen molar-refractivity contribution >= 4 is 11.6 Å². The second-order valence-corrected chi connectivity index (χ2v) is 6.22. The van der Waals surface area contributed by atoms with E-state index in [2.05, 4.69) is 15.4 Å². The number of carbonyl (C=O) groups excluding carboxylic acids is 1. The molecule has 3 aromatic rings. The van der Waals surface area contributed by atoms with Crippen molar-refractivity contribution in [2.24, 2.45) is 0 Å². The fourth-order valence-electron chi connectivity index (χ4n) is 2.86. The molecule has 140 valence electrons. The number of benzene rings is 1. The van der Waals surface area contributed by atoms with Crippen molar-refractivity contribution in [2.75, 3.05) is 19.5 Å². The van der Waals surface area contributed by atoms with E-state index < -0.39 is 0 Å². The third-order valence-corrected chi connectivity index (χ3v) is 4.11. The van der Waals surface area contributed by atoms with Crippen LogP contribution in [0.4, 0.5) is 5.69 Å². The SMILES string of the molecule is COc1ccc(NC(=O)c2cnn(-c3ccccn3)c2C(C)C)cc1OC. The van der Waals surface area contributed by atoms with Gasteiger partial charge in [-0.15, -0.1) is 0 Å². The molecule has 0 spiro atoms. The van der Waals surface area contributed by atoms with Crippen LogP contribution in [-0.4, -0.2) is 34.9 Å². The van der Waals surface area contributed by atoms with Crippen LogP contribution in [-0.2, 0) is 0 Å². The van der Waals surface area contributed by atoms with Crippen molar-refractivity contribution < 1.29 is 14.3 Å². The summed E-state index contributed by atoms with van der Waals surface area (Å²) in [6.07, 6.45) is 3.27. The number of amides is 1. The molecule has 2 heterocycles. The molecule has 7 heteroatoms. The minimum atomic E-state index is -0.242. The largest absolute Gasteiger partial charge is 0.493 e. The van der Waals surface area contributed by atoms with E-state index in [0.717, 1.165) is 5.69 Å². The number of nitrogens with zero attached hydrogens (tertiary/aromatic N) is 3. The molecule has 7 nitrogen and oxygen atoms in total. The number of hydrogen-bond donors (Lipinski definition) is 1. The first-order valence-corrected chi connectivity index (χ1v) is 8.57. The van der Waals surface area contributed by atoms with Gasteiger partial charge in [0, 0.05) is 18.0 Å². The Morgan fingerprint density at radius 1 is 1.11 bits per heavy atom. The Morgan fingerprint density at radius 2 is 1.89 bits per heavy atom. The molecular weight excluding hydrogens is 344 g/mol. The van der Waals surface area contributed by atoms with Crippen molar-refractivity contribution in [2.45, 2.75) is 19.8 Å². The average Bonchev–Trinajstić information content (AvgIpc) is 3.14. The number of aromatic nitrogens is 3. The summed E-state index contributed by atoms with van der Waals surface area (Å²) in [7, 11) is 3.12. The van der Waals surface area contributed by atoms with Crippen molar-refractivity contribution in [3.63, 3.8) is 0 Å². The van der Waals surface area contributed by atoms with Crippen LogP contribution in [0, 0.1) is 0 Å². The Kier molecular flexibility index (Phi) is 5.40. The number of ether oxygens (including phenoxy) is 2. The summed E-state index contributed by atoms with van der Waals surface area (Å²) in [5.41, 5.74) is 1.91. The van der Waals surface area contributed by atoms with Gasteiger partial charge in [-0.1, -0.05) is 19.9 Å². The summed E-state index contributed by atoms with van der Waals surface area (Å²) >= 11 is 0. The fraction of sp³-hybridized carbons (Fsp3) is 0.250. The minimum Gasteiger partial charge on any atom is -0.493 e. The number of carbonyl (C=O) groups is 1. The van der Waals surface area contributed by atoms with Crippen LogP contribution in [0.15, 0.2) is 48.8 Å². The average molecular weight is 366 g/mol. The summed E-state index contributed by atoms with van der Waals surface area (Å²) in [5, 5.41) is 7.28. The number of nitrogens with one attached hydrogen (secondary N) is 1. The molecule has 0 bridgehead atoms. The van der Waals surface area contributed by atoms with Gasteiger partial charge in [0.05, 0.1) is 31.7 Å². The lowest BCUT2D eigenvalue weighted by atomic mass is 10.1. The van der Waals surface area contributed by atoms with Crippen LogP contribution in [0.25, 0.3) is 5.82 Å². The highest BCUT2D eigenvalue weighted by atomic mass is 16.5. The summed E-state index contributed by atoms with van der Waals surface area (Å²) < 4.78 is 12.2. The lowest BCUT2D eigenvalue weighted by molar-refractivity contribution is 0.102. The van der Waals surface area contributed by atoms with E-state index in [1.165, 1.54) is 0 Å². The Hall–Kier alpha value is -3.35.